The molecule has 0 aliphatic carbocycles. The maximum Gasteiger partial charge on any atom is 0.328 e. The molecule has 102 valence electrons. The molecule has 5 nitrogen and oxygen atoms in total. The van der Waals surface area contributed by atoms with Crippen LogP contribution >= 0.6 is 0 Å². The fraction of sp³-hybridized carbons (Fsp3) is 0.286. The first-order chi connectivity index (χ1) is 9.08. The molecule has 0 aliphatic heterocycles. The molecule has 0 atom stereocenters. The molecule has 1 aromatic carbocycles. The number of hydrogen-bond acceptors (Lipinski definition) is 3. The van der Waals surface area contributed by atoms with Crippen molar-refractivity contribution < 1.29 is 19.8 Å². The first kappa shape index (κ1) is 14.9. The Hall–Kier alpha value is -2.14. The van der Waals surface area contributed by atoms with Gasteiger partial charge in [-0.2, -0.15) is 0 Å². The highest BCUT2D eigenvalue weighted by molar-refractivity contribution is 5.95. The van der Waals surface area contributed by atoms with E-state index in [2.05, 4.69) is 0 Å². The van der Waals surface area contributed by atoms with Gasteiger partial charge in [0.25, 0.3) is 5.91 Å². The Labute approximate surface area is 111 Å². The van der Waals surface area contributed by atoms with Crippen molar-refractivity contribution in [2.75, 3.05) is 19.7 Å². The molecule has 0 aliphatic rings. The highest BCUT2D eigenvalue weighted by Crippen LogP contribution is 2.10. The molecule has 0 aromatic heterocycles. The molecule has 0 fully saturated rings. The maximum absolute atomic E-state index is 12.1. The lowest BCUT2D eigenvalue weighted by atomic mass is 10.1. The number of aliphatic hydroxyl groups is 1. The van der Waals surface area contributed by atoms with Gasteiger partial charge in [-0.25, -0.2) is 4.79 Å². The topological polar surface area (TPSA) is 77.8 Å². The zero-order chi connectivity index (χ0) is 14.3. The normalized spacial score (nSPS) is 10.6. The minimum absolute atomic E-state index is 0.0851. The number of carboxylic acid groups (broad SMARTS) is 1. The number of benzene rings is 1. The molecule has 0 saturated heterocycles. The molecule has 0 saturated carbocycles. The second-order valence-electron chi connectivity index (χ2n) is 3.91. The van der Waals surface area contributed by atoms with Gasteiger partial charge in [0, 0.05) is 24.7 Å². The number of amides is 1. The number of aliphatic carboxylic acids is 1. The summed E-state index contributed by atoms with van der Waals surface area (Å²) >= 11 is 0. The number of hydrogen-bond donors (Lipinski definition) is 2. The molecule has 19 heavy (non-hydrogen) atoms. The van der Waals surface area contributed by atoms with E-state index in [0.29, 0.717) is 17.7 Å². The van der Waals surface area contributed by atoms with Gasteiger partial charge in [0.2, 0.25) is 0 Å². The monoisotopic (exact) mass is 263 g/mol. The molecule has 5 heteroatoms. The van der Waals surface area contributed by atoms with E-state index in [4.69, 9.17) is 10.2 Å². The van der Waals surface area contributed by atoms with Crippen molar-refractivity contribution in [3.8, 4) is 0 Å². The summed E-state index contributed by atoms with van der Waals surface area (Å²) in [4.78, 5) is 24.1. The van der Waals surface area contributed by atoms with Crippen LogP contribution in [0.2, 0.25) is 0 Å². The number of aliphatic hydroxyl groups excluding tert-OH is 1. The fourth-order valence-corrected chi connectivity index (χ4v) is 1.65. The van der Waals surface area contributed by atoms with Crippen LogP contribution < -0.4 is 0 Å². The lowest BCUT2D eigenvalue weighted by Crippen LogP contribution is -2.33. The van der Waals surface area contributed by atoms with Crippen molar-refractivity contribution in [1.29, 1.82) is 0 Å². The highest BCUT2D eigenvalue weighted by Gasteiger charge is 2.13. The van der Waals surface area contributed by atoms with Gasteiger partial charge in [-0.15, -0.1) is 0 Å². The summed E-state index contributed by atoms with van der Waals surface area (Å²) in [5.41, 5.74) is 1.12. The van der Waals surface area contributed by atoms with E-state index in [0.717, 1.165) is 6.08 Å². The third kappa shape index (κ3) is 4.56. The second kappa shape index (κ2) is 7.33. The van der Waals surface area contributed by atoms with Crippen LogP contribution in [0.4, 0.5) is 0 Å². The first-order valence-corrected chi connectivity index (χ1v) is 5.99. The summed E-state index contributed by atoms with van der Waals surface area (Å²) in [7, 11) is 0. The molecule has 0 radical (unpaired) electrons. The maximum atomic E-state index is 12.1. The van der Waals surface area contributed by atoms with E-state index in [9.17, 15) is 9.59 Å². The molecule has 0 unspecified atom stereocenters. The summed E-state index contributed by atoms with van der Waals surface area (Å²) in [5.74, 6) is -1.21. The molecule has 0 spiro atoms. The Bertz CT molecular complexity index is 482. The van der Waals surface area contributed by atoms with Gasteiger partial charge in [-0.3, -0.25) is 4.79 Å². The summed E-state index contributed by atoms with van der Waals surface area (Å²) < 4.78 is 0. The van der Waals surface area contributed by atoms with E-state index in [-0.39, 0.29) is 19.1 Å². The first-order valence-electron chi connectivity index (χ1n) is 5.99. The minimum atomic E-state index is -1.04. The van der Waals surface area contributed by atoms with Gasteiger partial charge >= 0.3 is 5.97 Å². The van der Waals surface area contributed by atoms with Crippen molar-refractivity contribution in [1.82, 2.24) is 4.90 Å². The minimum Gasteiger partial charge on any atom is -0.478 e. The molecule has 1 rings (SSSR count). The van der Waals surface area contributed by atoms with Crippen molar-refractivity contribution >= 4 is 18.0 Å². The van der Waals surface area contributed by atoms with Crippen molar-refractivity contribution in [3.05, 3.63) is 41.5 Å². The lowest BCUT2D eigenvalue weighted by molar-refractivity contribution is -0.131. The molecule has 2 N–H and O–H groups in total. The van der Waals surface area contributed by atoms with Crippen LogP contribution in [0.3, 0.4) is 0 Å². The van der Waals surface area contributed by atoms with Crippen molar-refractivity contribution in [2.24, 2.45) is 0 Å². The van der Waals surface area contributed by atoms with Gasteiger partial charge in [0.1, 0.15) is 0 Å². The van der Waals surface area contributed by atoms with Crippen LogP contribution in [-0.4, -0.2) is 46.7 Å². The largest absolute Gasteiger partial charge is 0.478 e. The predicted molar refractivity (Wildman–Crippen MR) is 71.8 cm³/mol. The number of rotatable bonds is 6. The zero-order valence-electron chi connectivity index (χ0n) is 10.7. The van der Waals surface area contributed by atoms with E-state index in [1.165, 1.54) is 11.0 Å². The summed E-state index contributed by atoms with van der Waals surface area (Å²) in [6.07, 6.45) is 2.45. The fourth-order valence-electron chi connectivity index (χ4n) is 1.65. The summed E-state index contributed by atoms with van der Waals surface area (Å²) in [6, 6.07) is 6.71. The van der Waals surface area contributed by atoms with Crippen molar-refractivity contribution in [3.63, 3.8) is 0 Å². The Morgan fingerprint density at radius 1 is 1.37 bits per heavy atom. The van der Waals surface area contributed by atoms with Crippen LogP contribution in [0.25, 0.3) is 6.08 Å². The van der Waals surface area contributed by atoms with Crippen LogP contribution in [0.15, 0.2) is 30.3 Å². The van der Waals surface area contributed by atoms with Gasteiger partial charge in [0.05, 0.1) is 6.61 Å². The van der Waals surface area contributed by atoms with Crippen LogP contribution in [0.1, 0.15) is 22.8 Å². The standard InChI is InChI=1S/C14H17NO4/c1-2-15(8-9-16)14(19)12-5-3-4-11(10-12)6-7-13(17)18/h3-7,10,16H,2,8-9H2,1H3,(H,17,18). The van der Waals surface area contributed by atoms with Crippen LogP contribution in [-0.2, 0) is 4.79 Å². The molecule has 0 heterocycles. The van der Waals surface area contributed by atoms with Gasteiger partial charge in [0.15, 0.2) is 0 Å². The Balaban J connectivity index is 2.92. The third-order valence-electron chi connectivity index (χ3n) is 2.59. The molecular weight excluding hydrogens is 246 g/mol. The van der Waals surface area contributed by atoms with Crippen molar-refractivity contribution in [2.45, 2.75) is 6.92 Å². The lowest BCUT2D eigenvalue weighted by Gasteiger charge is -2.19. The number of carbonyl (C=O) groups excluding carboxylic acids is 1. The number of likely N-dealkylation sites (N-methyl/N-ethyl adjacent to an activating group) is 1. The Morgan fingerprint density at radius 3 is 2.68 bits per heavy atom. The van der Waals surface area contributed by atoms with E-state index in [1.807, 2.05) is 6.92 Å². The van der Waals surface area contributed by atoms with Crippen LogP contribution in [0, 0.1) is 0 Å². The quantitative estimate of drug-likeness (QED) is 0.757. The highest BCUT2D eigenvalue weighted by atomic mass is 16.4. The van der Waals surface area contributed by atoms with E-state index in [1.54, 1.807) is 24.3 Å². The smallest absolute Gasteiger partial charge is 0.328 e. The molecular formula is C14H17NO4. The number of carbonyl (C=O) groups is 2. The third-order valence-corrected chi connectivity index (χ3v) is 2.59. The van der Waals surface area contributed by atoms with Gasteiger partial charge in [-0.05, 0) is 30.7 Å². The van der Waals surface area contributed by atoms with Gasteiger partial charge in [-0.1, -0.05) is 12.1 Å². The summed E-state index contributed by atoms with van der Waals surface area (Å²) in [5, 5.41) is 17.5. The van der Waals surface area contributed by atoms with Gasteiger partial charge < -0.3 is 15.1 Å². The molecule has 0 bridgehead atoms. The SMILES string of the molecule is CCN(CCO)C(=O)c1cccc(C=CC(=O)O)c1. The predicted octanol–water partition coefficient (Wildman–Crippen LogP) is 1.24. The molecule has 1 aromatic rings. The average molecular weight is 263 g/mol. The average Bonchev–Trinajstić information content (AvgIpc) is 2.42. The van der Waals surface area contributed by atoms with E-state index >= 15 is 0 Å². The Kier molecular flexibility index (Phi) is 5.75. The Morgan fingerprint density at radius 2 is 2.11 bits per heavy atom. The van der Waals surface area contributed by atoms with E-state index < -0.39 is 5.97 Å². The number of nitrogens with zero attached hydrogens (tertiary/aromatic N) is 1. The molecule has 1 amide bonds. The summed E-state index contributed by atoms with van der Waals surface area (Å²) in [6.45, 7) is 2.54. The second-order valence-corrected chi connectivity index (χ2v) is 3.91. The van der Waals surface area contributed by atoms with Crippen LogP contribution in [0.5, 0.6) is 0 Å². The number of carboxylic acids is 1. The zero-order valence-corrected chi connectivity index (χ0v) is 10.7.